The lowest BCUT2D eigenvalue weighted by Crippen LogP contribution is -2.38. The van der Waals surface area contributed by atoms with Crippen LogP contribution >= 0.6 is 11.6 Å². The van der Waals surface area contributed by atoms with Gasteiger partial charge in [0.05, 0.1) is 6.54 Å². The number of ether oxygens (including phenoxy) is 1. The van der Waals surface area contributed by atoms with E-state index in [0.29, 0.717) is 23.3 Å². The molecule has 2 aromatic carbocycles. The number of imidazole rings is 1. The molecule has 4 aromatic rings. The Morgan fingerprint density at radius 2 is 1.76 bits per heavy atom. The van der Waals surface area contributed by atoms with Crippen molar-refractivity contribution in [3.8, 4) is 5.75 Å². The van der Waals surface area contributed by atoms with Gasteiger partial charge in [-0.1, -0.05) is 41.9 Å². The van der Waals surface area contributed by atoms with Gasteiger partial charge in [-0.2, -0.15) is 4.98 Å². The Hall–Kier alpha value is -3.56. The summed E-state index contributed by atoms with van der Waals surface area (Å²) in [5, 5.41) is 14.5. The molecule has 0 bridgehead atoms. The maximum Gasteiger partial charge on any atom is 0.332 e. The van der Waals surface area contributed by atoms with Crippen molar-refractivity contribution in [3.63, 3.8) is 0 Å². The zero-order chi connectivity index (χ0) is 23.5. The van der Waals surface area contributed by atoms with E-state index in [1.165, 1.54) is 11.6 Å². The van der Waals surface area contributed by atoms with Crippen LogP contribution in [0.5, 0.6) is 5.75 Å². The van der Waals surface area contributed by atoms with Gasteiger partial charge in [0, 0.05) is 25.7 Å². The summed E-state index contributed by atoms with van der Waals surface area (Å²) in [5.74, 6) is 0.937. The molecule has 0 amide bonds. The van der Waals surface area contributed by atoms with Crippen LogP contribution in [0.3, 0.4) is 0 Å². The number of halogens is 1. The summed E-state index contributed by atoms with van der Waals surface area (Å²) in [7, 11) is 2.97. The van der Waals surface area contributed by atoms with E-state index in [1.807, 2.05) is 30.3 Å². The molecular formula is C23H24ClN5O4. The minimum atomic E-state index is -0.947. The Balaban J connectivity index is 1.65. The molecule has 0 aliphatic rings. The molecule has 33 heavy (non-hydrogen) atoms. The number of fused-ring (bicyclic) bond motifs is 1. The molecule has 0 unspecified atom stereocenters. The zero-order valence-electron chi connectivity index (χ0n) is 18.2. The van der Waals surface area contributed by atoms with Crippen molar-refractivity contribution in [1.82, 2.24) is 18.7 Å². The fourth-order valence-corrected chi connectivity index (χ4v) is 3.65. The van der Waals surface area contributed by atoms with Crippen molar-refractivity contribution in [2.24, 2.45) is 14.1 Å². The zero-order valence-corrected chi connectivity index (χ0v) is 19.0. The van der Waals surface area contributed by atoms with Gasteiger partial charge in [0.15, 0.2) is 11.2 Å². The van der Waals surface area contributed by atoms with Crippen LogP contribution in [-0.4, -0.2) is 36.5 Å². The third kappa shape index (κ3) is 4.79. The predicted octanol–water partition coefficient (Wildman–Crippen LogP) is 2.14. The number of anilines is 1. The lowest BCUT2D eigenvalue weighted by molar-refractivity contribution is 0.0938. The Morgan fingerprint density at radius 1 is 1.06 bits per heavy atom. The number of aromatic nitrogens is 4. The van der Waals surface area contributed by atoms with E-state index >= 15 is 0 Å². The van der Waals surface area contributed by atoms with Gasteiger partial charge in [0.1, 0.15) is 18.5 Å². The largest absolute Gasteiger partial charge is 0.491 e. The second-order valence-electron chi connectivity index (χ2n) is 7.68. The van der Waals surface area contributed by atoms with E-state index in [0.717, 1.165) is 10.1 Å². The van der Waals surface area contributed by atoms with Gasteiger partial charge < -0.3 is 19.7 Å². The van der Waals surface area contributed by atoms with Gasteiger partial charge >= 0.3 is 5.69 Å². The number of aryl methyl sites for hydroxylation is 1. The standard InChI is InChI=1S/C23H24ClN5O4/c1-27-20-19(21(31)28(2)23(27)32)29(22(26-20)25-12-15-6-4-3-5-7-15)13-17(30)14-33-18-10-8-16(24)9-11-18/h3-11,17,30H,12-14H2,1-2H3,(H,25,26)/t17-/m0/s1. The molecule has 0 fully saturated rings. The normalized spacial score (nSPS) is 12.1. The van der Waals surface area contributed by atoms with Crippen LogP contribution < -0.4 is 21.3 Å². The first-order valence-electron chi connectivity index (χ1n) is 10.4. The molecule has 0 saturated heterocycles. The fourth-order valence-electron chi connectivity index (χ4n) is 3.52. The molecule has 172 valence electrons. The first kappa shape index (κ1) is 22.6. The second-order valence-corrected chi connectivity index (χ2v) is 8.12. The van der Waals surface area contributed by atoms with Crippen molar-refractivity contribution in [2.45, 2.75) is 19.2 Å². The summed E-state index contributed by atoms with van der Waals surface area (Å²) in [6.45, 7) is 0.482. The first-order valence-corrected chi connectivity index (χ1v) is 10.7. The Kier molecular flexibility index (Phi) is 6.52. The van der Waals surface area contributed by atoms with Crippen LogP contribution in [0.25, 0.3) is 11.2 Å². The third-order valence-electron chi connectivity index (χ3n) is 5.29. The van der Waals surface area contributed by atoms with E-state index in [9.17, 15) is 14.7 Å². The van der Waals surface area contributed by atoms with Crippen molar-refractivity contribution >= 4 is 28.7 Å². The van der Waals surface area contributed by atoms with E-state index < -0.39 is 17.4 Å². The lowest BCUT2D eigenvalue weighted by atomic mass is 10.2. The van der Waals surface area contributed by atoms with Gasteiger partial charge in [-0.15, -0.1) is 0 Å². The Bertz CT molecular complexity index is 1380. The van der Waals surface area contributed by atoms with Gasteiger partial charge in [0.25, 0.3) is 5.56 Å². The predicted molar refractivity (Wildman–Crippen MR) is 127 cm³/mol. The average Bonchev–Trinajstić information content (AvgIpc) is 3.18. The lowest BCUT2D eigenvalue weighted by Gasteiger charge is -2.16. The third-order valence-corrected chi connectivity index (χ3v) is 5.54. The van der Waals surface area contributed by atoms with Gasteiger partial charge in [0.2, 0.25) is 5.95 Å². The Labute approximate surface area is 194 Å². The molecule has 2 N–H and O–H groups in total. The highest BCUT2D eigenvalue weighted by Gasteiger charge is 2.21. The highest BCUT2D eigenvalue weighted by Crippen LogP contribution is 2.19. The molecule has 0 saturated carbocycles. The minimum absolute atomic E-state index is 0.00842. The minimum Gasteiger partial charge on any atom is -0.491 e. The number of rotatable bonds is 8. The van der Waals surface area contributed by atoms with Crippen molar-refractivity contribution in [1.29, 1.82) is 0 Å². The van der Waals surface area contributed by atoms with Crippen molar-refractivity contribution in [2.75, 3.05) is 11.9 Å². The van der Waals surface area contributed by atoms with E-state index in [4.69, 9.17) is 16.3 Å². The SMILES string of the molecule is Cn1c(=O)c2c(nc(NCc3ccccc3)n2C[C@H](O)COc2ccc(Cl)cc2)n(C)c1=O. The summed E-state index contributed by atoms with van der Waals surface area (Å²) in [6, 6.07) is 16.5. The summed E-state index contributed by atoms with van der Waals surface area (Å²) in [4.78, 5) is 29.8. The molecule has 10 heteroatoms. The van der Waals surface area contributed by atoms with Gasteiger partial charge in [-0.25, -0.2) is 4.79 Å². The molecule has 0 aliphatic carbocycles. The molecule has 1 atom stereocenters. The van der Waals surface area contributed by atoms with Crippen molar-refractivity contribution < 1.29 is 9.84 Å². The molecule has 2 aromatic heterocycles. The number of hydrogen-bond donors (Lipinski definition) is 2. The number of benzene rings is 2. The van der Waals surface area contributed by atoms with Gasteiger partial charge in [-0.05, 0) is 29.8 Å². The molecule has 0 aliphatic heterocycles. The van der Waals surface area contributed by atoms with Crippen LogP contribution in [0.2, 0.25) is 5.02 Å². The van der Waals surface area contributed by atoms with E-state index in [1.54, 1.807) is 35.9 Å². The summed E-state index contributed by atoms with van der Waals surface area (Å²) in [5.41, 5.74) is 0.521. The highest BCUT2D eigenvalue weighted by molar-refractivity contribution is 6.30. The quantitative estimate of drug-likeness (QED) is 0.410. The molecule has 9 nitrogen and oxygen atoms in total. The number of aliphatic hydroxyl groups excluding tert-OH is 1. The monoisotopic (exact) mass is 469 g/mol. The maximum atomic E-state index is 12.9. The smallest absolute Gasteiger partial charge is 0.332 e. The number of aliphatic hydroxyl groups is 1. The average molecular weight is 470 g/mol. The number of nitrogens with one attached hydrogen (secondary N) is 1. The Morgan fingerprint density at radius 3 is 2.45 bits per heavy atom. The maximum absolute atomic E-state index is 12.9. The number of nitrogens with zero attached hydrogens (tertiary/aromatic N) is 4. The molecule has 0 spiro atoms. The first-order chi connectivity index (χ1) is 15.8. The topological polar surface area (TPSA) is 103 Å². The fraction of sp³-hybridized carbons (Fsp3) is 0.261. The van der Waals surface area contributed by atoms with Gasteiger partial charge in [-0.3, -0.25) is 13.9 Å². The number of hydrogen-bond acceptors (Lipinski definition) is 6. The second kappa shape index (κ2) is 9.51. The van der Waals surface area contributed by atoms with E-state index in [-0.39, 0.29) is 24.3 Å². The molecule has 4 rings (SSSR count). The van der Waals surface area contributed by atoms with Crippen LogP contribution in [0.15, 0.2) is 64.2 Å². The molecule has 2 heterocycles. The van der Waals surface area contributed by atoms with Crippen LogP contribution in [0, 0.1) is 0 Å². The highest BCUT2D eigenvalue weighted by atomic mass is 35.5. The van der Waals surface area contributed by atoms with Crippen molar-refractivity contribution in [3.05, 3.63) is 86.0 Å². The van der Waals surface area contributed by atoms with Crippen LogP contribution in [0.1, 0.15) is 5.56 Å². The van der Waals surface area contributed by atoms with Crippen LogP contribution in [0.4, 0.5) is 5.95 Å². The summed E-state index contributed by atoms with van der Waals surface area (Å²) >= 11 is 5.89. The van der Waals surface area contributed by atoms with Crippen LogP contribution in [-0.2, 0) is 27.2 Å². The molecule has 0 radical (unpaired) electrons. The molecular weight excluding hydrogens is 446 g/mol. The summed E-state index contributed by atoms with van der Waals surface area (Å²) in [6.07, 6.45) is -0.947. The van der Waals surface area contributed by atoms with E-state index in [2.05, 4.69) is 10.3 Å². The summed E-state index contributed by atoms with van der Waals surface area (Å²) < 4.78 is 9.58.